The lowest BCUT2D eigenvalue weighted by Crippen LogP contribution is -2.02. The van der Waals surface area contributed by atoms with Crippen molar-refractivity contribution >= 4 is 23.0 Å². The molecule has 0 unspecified atom stereocenters. The zero-order valence-corrected chi connectivity index (χ0v) is 11.6. The van der Waals surface area contributed by atoms with Gasteiger partial charge in [0.25, 0.3) is 5.69 Å². The summed E-state index contributed by atoms with van der Waals surface area (Å²) in [6, 6.07) is 11.9. The van der Waals surface area contributed by atoms with Crippen molar-refractivity contribution in [3.05, 3.63) is 63.2 Å². The maximum atomic E-state index is 10.9. The first kappa shape index (κ1) is 14.1. The van der Waals surface area contributed by atoms with Crippen molar-refractivity contribution < 1.29 is 9.66 Å². The Hall–Kier alpha value is -2.27. The third-order valence-electron chi connectivity index (χ3n) is 2.80. The van der Waals surface area contributed by atoms with Crippen LogP contribution in [-0.2, 0) is 6.54 Å². The molecule has 20 heavy (non-hydrogen) atoms. The number of methoxy groups -OCH3 is 1. The topological polar surface area (TPSA) is 64.4 Å². The lowest BCUT2D eigenvalue weighted by Gasteiger charge is -2.08. The van der Waals surface area contributed by atoms with E-state index in [1.54, 1.807) is 13.2 Å². The summed E-state index contributed by atoms with van der Waals surface area (Å²) < 4.78 is 5.07. The summed E-state index contributed by atoms with van der Waals surface area (Å²) in [5.74, 6) is 0.766. The standard InChI is InChI=1S/C14H13ClN2O3/c1-20-12-5-2-10(3-6-12)9-16-13-8-11(15)4-7-14(13)17(18)19/h2-8,16H,9H2,1H3. The predicted octanol–water partition coefficient (Wildman–Crippen LogP) is 3.87. The van der Waals surface area contributed by atoms with Crippen molar-refractivity contribution in [1.82, 2.24) is 0 Å². The Bertz CT molecular complexity index is 614. The number of hydrogen-bond donors (Lipinski definition) is 1. The van der Waals surface area contributed by atoms with Gasteiger partial charge in [0.1, 0.15) is 11.4 Å². The largest absolute Gasteiger partial charge is 0.497 e. The molecule has 0 aliphatic carbocycles. The van der Waals surface area contributed by atoms with Crippen molar-refractivity contribution in [3.8, 4) is 5.75 Å². The van der Waals surface area contributed by atoms with Crippen LogP contribution in [0.3, 0.4) is 0 Å². The van der Waals surface area contributed by atoms with Crippen molar-refractivity contribution in [2.24, 2.45) is 0 Å². The van der Waals surface area contributed by atoms with Gasteiger partial charge in [-0.2, -0.15) is 0 Å². The van der Waals surface area contributed by atoms with Crippen molar-refractivity contribution in [3.63, 3.8) is 0 Å². The number of nitrogens with one attached hydrogen (secondary N) is 1. The smallest absolute Gasteiger partial charge is 0.292 e. The maximum absolute atomic E-state index is 10.9. The highest BCUT2D eigenvalue weighted by Crippen LogP contribution is 2.28. The molecule has 0 saturated heterocycles. The van der Waals surface area contributed by atoms with Crippen molar-refractivity contribution in [1.29, 1.82) is 0 Å². The summed E-state index contributed by atoms with van der Waals surface area (Å²) in [4.78, 5) is 10.5. The van der Waals surface area contributed by atoms with E-state index in [0.29, 0.717) is 17.3 Å². The minimum Gasteiger partial charge on any atom is -0.497 e. The molecule has 6 heteroatoms. The molecule has 0 amide bonds. The van der Waals surface area contributed by atoms with Crippen LogP contribution in [0.2, 0.25) is 5.02 Å². The monoisotopic (exact) mass is 292 g/mol. The first-order valence-corrected chi connectivity index (χ1v) is 6.28. The first-order valence-electron chi connectivity index (χ1n) is 5.91. The second kappa shape index (κ2) is 6.25. The fourth-order valence-corrected chi connectivity index (χ4v) is 1.92. The van der Waals surface area contributed by atoms with Gasteiger partial charge in [-0.1, -0.05) is 23.7 Å². The molecule has 0 aromatic heterocycles. The molecule has 0 atom stereocenters. The van der Waals surface area contributed by atoms with Crippen LogP contribution in [0, 0.1) is 10.1 Å². The van der Waals surface area contributed by atoms with Crippen LogP contribution in [0.1, 0.15) is 5.56 Å². The molecule has 2 rings (SSSR count). The fourth-order valence-electron chi connectivity index (χ4n) is 1.75. The zero-order chi connectivity index (χ0) is 14.5. The number of anilines is 1. The molecule has 1 N–H and O–H groups in total. The van der Waals surface area contributed by atoms with Crippen molar-refractivity contribution in [2.75, 3.05) is 12.4 Å². The van der Waals surface area contributed by atoms with Gasteiger partial charge in [-0.25, -0.2) is 0 Å². The maximum Gasteiger partial charge on any atom is 0.292 e. The van der Waals surface area contributed by atoms with Gasteiger partial charge in [0, 0.05) is 17.6 Å². The molecule has 0 aliphatic rings. The van der Waals surface area contributed by atoms with Crippen LogP contribution in [-0.4, -0.2) is 12.0 Å². The Labute approximate surface area is 121 Å². The highest BCUT2D eigenvalue weighted by molar-refractivity contribution is 6.31. The van der Waals surface area contributed by atoms with Crippen LogP contribution in [0.15, 0.2) is 42.5 Å². The predicted molar refractivity (Wildman–Crippen MR) is 78.4 cm³/mol. The number of ether oxygens (including phenoxy) is 1. The number of benzene rings is 2. The van der Waals surface area contributed by atoms with Crippen molar-refractivity contribution in [2.45, 2.75) is 6.54 Å². The molecule has 0 aliphatic heterocycles. The average molecular weight is 293 g/mol. The van der Waals surface area contributed by atoms with Gasteiger partial charge in [-0.05, 0) is 29.8 Å². The lowest BCUT2D eigenvalue weighted by molar-refractivity contribution is -0.384. The summed E-state index contributed by atoms with van der Waals surface area (Å²) in [6.45, 7) is 0.463. The average Bonchev–Trinajstić information content (AvgIpc) is 2.45. The van der Waals surface area contributed by atoms with Gasteiger partial charge in [-0.3, -0.25) is 10.1 Å². The molecule has 0 saturated carbocycles. The fraction of sp³-hybridized carbons (Fsp3) is 0.143. The Balaban J connectivity index is 2.13. The number of halogens is 1. The van der Waals surface area contributed by atoms with Crippen LogP contribution in [0.25, 0.3) is 0 Å². The van der Waals surface area contributed by atoms with Gasteiger partial charge in [0.2, 0.25) is 0 Å². The van der Waals surface area contributed by atoms with Gasteiger partial charge >= 0.3 is 0 Å². The minimum absolute atomic E-state index is 0.00270. The van der Waals surface area contributed by atoms with Gasteiger partial charge in [-0.15, -0.1) is 0 Å². The lowest BCUT2D eigenvalue weighted by atomic mass is 10.2. The van der Waals surface area contributed by atoms with E-state index >= 15 is 0 Å². The van der Waals surface area contributed by atoms with Gasteiger partial charge in [0.15, 0.2) is 0 Å². The summed E-state index contributed by atoms with van der Waals surface area (Å²) in [5.41, 5.74) is 1.39. The second-order valence-electron chi connectivity index (χ2n) is 4.12. The third-order valence-corrected chi connectivity index (χ3v) is 3.03. The van der Waals surface area contributed by atoms with E-state index in [0.717, 1.165) is 11.3 Å². The van der Waals surface area contributed by atoms with E-state index in [1.807, 2.05) is 24.3 Å². The molecule has 0 bridgehead atoms. The van der Waals surface area contributed by atoms with Crippen LogP contribution < -0.4 is 10.1 Å². The van der Waals surface area contributed by atoms with E-state index in [9.17, 15) is 10.1 Å². The molecule has 0 heterocycles. The zero-order valence-electron chi connectivity index (χ0n) is 10.8. The Kier molecular flexibility index (Phi) is 4.42. The number of nitro benzene ring substituents is 1. The van der Waals surface area contributed by atoms with E-state index in [-0.39, 0.29) is 5.69 Å². The van der Waals surface area contributed by atoms with E-state index < -0.39 is 4.92 Å². The van der Waals surface area contributed by atoms with E-state index in [4.69, 9.17) is 16.3 Å². The Morgan fingerprint density at radius 3 is 2.55 bits per heavy atom. The van der Waals surface area contributed by atoms with Gasteiger partial charge < -0.3 is 10.1 Å². The normalized spacial score (nSPS) is 10.1. The Morgan fingerprint density at radius 1 is 1.25 bits per heavy atom. The molecule has 104 valence electrons. The number of rotatable bonds is 5. The number of nitro groups is 1. The number of nitrogens with zero attached hydrogens (tertiary/aromatic N) is 1. The second-order valence-corrected chi connectivity index (χ2v) is 4.56. The molecule has 2 aromatic rings. The molecular formula is C14H13ClN2O3. The third kappa shape index (κ3) is 3.39. The Morgan fingerprint density at radius 2 is 1.95 bits per heavy atom. The van der Waals surface area contributed by atoms with E-state index in [1.165, 1.54) is 12.1 Å². The molecule has 5 nitrogen and oxygen atoms in total. The highest BCUT2D eigenvalue weighted by Gasteiger charge is 2.13. The van der Waals surface area contributed by atoms with Crippen LogP contribution in [0.5, 0.6) is 5.75 Å². The summed E-state index contributed by atoms with van der Waals surface area (Å²) in [6.07, 6.45) is 0. The molecular weight excluding hydrogens is 280 g/mol. The first-order chi connectivity index (χ1) is 9.60. The molecule has 0 spiro atoms. The molecule has 0 fully saturated rings. The summed E-state index contributed by atoms with van der Waals surface area (Å²) >= 11 is 5.86. The quantitative estimate of drug-likeness (QED) is 0.671. The number of hydrogen-bond acceptors (Lipinski definition) is 4. The van der Waals surface area contributed by atoms with E-state index in [2.05, 4.69) is 5.32 Å². The molecule has 0 radical (unpaired) electrons. The summed E-state index contributed by atoms with van der Waals surface area (Å²) in [5, 5.41) is 14.4. The van der Waals surface area contributed by atoms with Gasteiger partial charge in [0.05, 0.1) is 12.0 Å². The minimum atomic E-state index is -0.438. The van der Waals surface area contributed by atoms with Crippen LogP contribution >= 0.6 is 11.6 Å². The summed E-state index contributed by atoms with van der Waals surface area (Å²) in [7, 11) is 1.60. The highest BCUT2D eigenvalue weighted by atomic mass is 35.5. The SMILES string of the molecule is COc1ccc(CNc2cc(Cl)ccc2[N+](=O)[O-])cc1. The molecule has 2 aromatic carbocycles. The van der Waals surface area contributed by atoms with Crippen LogP contribution in [0.4, 0.5) is 11.4 Å².